The fraction of sp³-hybridized carbons (Fsp3) is 0.538. The molecule has 0 radical (unpaired) electrons. The number of alkyl halides is 2. The number of hydrogen-bond acceptors (Lipinski definition) is 1. The van der Waals surface area contributed by atoms with Crippen molar-refractivity contribution in [2.45, 2.75) is 20.8 Å². The summed E-state index contributed by atoms with van der Waals surface area (Å²) >= 11 is 11.7. The van der Waals surface area contributed by atoms with Gasteiger partial charge in [-0.25, -0.2) is 0 Å². The van der Waals surface area contributed by atoms with Crippen molar-refractivity contribution in [1.29, 1.82) is 0 Å². The molecule has 0 spiro atoms. The molecule has 1 nitrogen and oxygen atoms in total. The van der Waals surface area contributed by atoms with Crippen LogP contribution < -0.4 is 4.90 Å². The van der Waals surface area contributed by atoms with Gasteiger partial charge in [0.05, 0.1) is 0 Å². The summed E-state index contributed by atoms with van der Waals surface area (Å²) in [5.41, 5.74) is 5.18. The molecule has 90 valence electrons. The van der Waals surface area contributed by atoms with Crippen LogP contribution in [0, 0.1) is 20.8 Å². The van der Waals surface area contributed by atoms with Gasteiger partial charge in [0, 0.05) is 30.5 Å². The molecular formula is C13H19Cl2N. The molecule has 0 saturated carbocycles. The SMILES string of the molecule is Cc1cc(C)c(N(CCCl)CCCl)c(C)c1. The number of benzene rings is 1. The van der Waals surface area contributed by atoms with Gasteiger partial charge in [-0.3, -0.25) is 0 Å². The second kappa shape index (κ2) is 6.36. The van der Waals surface area contributed by atoms with Crippen molar-refractivity contribution in [2.75, 3.05) is 29.7 Å². The van der Waals surface area contributed by atoms with E-state index in [0.717, 1.165) is 13.1 Å². The lowest BCUT2D eigenvalue weighted by atomic mass is 10.0. The van der Waals surface area contributed by atoms with Crippen molar-refractivity contribution in [2.24, 2.45) is 0 Å². The first-order chi connectivity index (χ1) is 7.60. The Kier molecular flexibility index (Phi) is 5.43. The van der Waals surface area contributed by atoms with E-state index in [1.807, 2.05) is 0 Å². The third kappa shape index (κ3) is 3.29. The zero-order valence-electron chi connectivity index (χ0n) is 10.2. The monoisotopic (exact) mass is 259 g/mol. The van der Waals surface area contributed by atoms with Crippen LogP contribution in [0.25, 0.3) is 0 Å². The van der Waals surface area contributed by atoms with E-state index in [4.69, 9.17) is 23.2 Å². The smallest absolute Gasteiger partial charge is 0.0426 e. The largest absolute Gasteiger partial charge is 0.369 e. The molecule has 0 N–H and O–H groups in total. The lowest BCUT2D eigenvalue weighted by Crippen LogP contribution is -2.29. The minimum atomic E-state index is 0.629. The summed E-state index contributed by atoms with van der Waals surface area (Å²) in [4.78, 5) is 2.27. The van der Waals surface area contributed by atoms with E-state index in [2.05, 4.69) is 37.8 Å². The van der Waals surface area contributed by atoms with E-state index >= 15 is 0 Å². The fourth-order valence-electron chi connectivity index (χ4n) is 2.21. The molecule has 0 aliphatic rings. The fourth-order valence-corrected chi connectivity index (χ4v) is 2.62. The number of anilines is 1. The zero-order chi connectivity index (χ0) is 12.1. The Morgan fingerprint density at radius 1 is 0.938 bits per heavy atom. The zero-order valence-corrected chi connectivity index (χ0v) is 11.7. The molecule has 1 aromatic carbocycles. The Balaban J connectivity index is 3.07. The van der Waals surface area contributed by atoms with E-state index in [-0.39, 0.29) is 0 Å². The summed E-state index contributed by atoms with van der Waals surface area (Å²) in [6.45, 7) is 8.10. The van der Waals surface area contributed by atoms with Gasteiger partial charge in [-0.15, -0.1) is 23.2 Å². The molecule has 3 heteroatoms. The van der Waals surface area contributed by atoms with Crippen molar-refractivity contribution in [3.8, 4) is 0 Å². The molecule has 0 aliphatic heterocycles. The lowest BCUT2D eigenvalue weighted by molar-refractivity contribution is 0.864. The highest BCUT2D eigenvalue weighted by Gasteiger charge is 2.11. The summed E-state index contributed by atoms with van der Waals surface area (Å²) in [5, 5.41) is 0. The molecule has 0 bridgehead atoms. The summed E-state index contributed by atoms with van der Waals surface area (Å²) in [5.74, 6) is 1.26. The van der Waals surface area contributed by atoms with Gasteiger partial charge in [0.2, 0.25) is 0 Å². The predicted octanol–water partition coefficient (Wildman–Crippen LogP) is 3.90. The topological polar surface area (TPSA) is 3.24 Å². The number of rotatable bonds is 5. The first-order valence-corrected chi connectivity index (χ1v) is 6.61. The molecule has 0 saturated heterocycles. The molecule has 1 rings (SSSR count). The molecule has 16 heavy (non-hydrogen) atoms. The second-order valence-corrected chi connectivity index (χ2v) is 4.87. The molecular weight excluding hydrogens is 241 g/mol. The van der Waals surface area contributed by atoms with E-state index in [1.165, 1.54) is 22.4 Å². The Morgan fingerprint density at radius 3 is 1.75 bits per heavy atom. The van der Waals surface area contributed by atoms with Gasteiger partial charge in [-0.2, -0.15) is 0 Å². The van der Waals surface area contributed by atoms with E-state index in [9.17, 15) is 0 Å². The number of hydrogen-bond donors (Lipinski definition) is 0. The highest BCUT2D eigenvalue weighted by Crippen LogP contribution is 2.26. The van der Waals surface area contributed by atoms with Crippen molar-refractivity contribution < 1.29 is 0 Å². The third-order valence-electron chi connectivity index (χ3n) is 2.66. The average molecular weight is 260 g/mol. The molecule has 0 heterocycles. The van der Waals surface area contributed by atoms with Gasteiger partial charge in [0.25, 0.3) is 0 Å². The molecule has 0 amide bonds. The molecule has 1 aromatic rings. The van der Waals surface area contributed by atoms with Crippen molar-refractivity contribution in [1.82, 2.24) is 0 Å². The van der Waals surface area contributed by atoms with Crippen LogP contribution >= 0.6 is 23.2 Å². The van der Waals surface area contributed by atoms with Crippen LogP contribution in [0.5, 0.6) is 0 Å². The van der Waals surface area contributed by atoms with Gasteiger partial charge in [-0.05, 0) is 31.9 Å². The first kappa shape index (κ1) is 13.7. The van der Waals surface area contributed by atoms with Crippen LogP contribution in [0.3, 0.4) is 0 Å². The van der Waals surface area contributed by atoms with Crippen molar-refractivity contribution in [3.63, 3.8) is 0 Å². The van der Waals surface area contributed by atoms with Crippen LogP contribution in [-0.2, 0) is 0 Å². The highest BCUT2D eigenvalue weighted by molar-refractivity contribution is 6.18. The predicted molar refractivity (Wildman–Crippen MR) is 74.3 cm³/mol. The Morgan fingerprint density at radius 2 is 1.38 bits per heavy atom. The van der Waals surface area contributed by atoms with E-state index < -0.39 is 0 Å². The average Bonchev–Trinajstić information content (AvgIpc) is 2.16. The van der Waals surface area contributed by atoms with Crippen LogP contribution in [0.2, 0.25) is 0 Å². The number of aryl methyl sites for hydroxylation is 3. The molecule has 0 aliphatic carbocycles. The lowest BCUT2D eigenvalue weighted by Gasteiger charge is -2.27. The Hall–Kier alpha value is -0.400. The summed E-state index contributed by atoms with van der Waals surface area (Å²) in [6, 6.07) is 4.41. The highest BCUT2D eigenvalue weighted by atomic mass is 35.5. The maximum absolute atomic E-state index is 5.83. The number of nitrogens with zero attached hydrogens (tertiary/aromatic N) is 1. The minimum Gasteiger partial charge on any atom is -0.369 e. The van der Waals surface area contributed by atoms with E-state index in [1.54, 1.807) is 0 Å². The second-order valence-electron chi connectivity index (χ2n) is 4.11. The standard InChI is InChI=1S/C13H19Cl2N/c1-10-8-11(2)13(12(3)9-10)16(6-4-14)7-5-15/h8-9H,4-7H2,1-3H3. The van der Waals surface area contributed by atoms with Crippen LogP contribution in [0.15, 0.2) is 12.1 Å². The Bertz CT molecular complexity index is 321. The maximum Gasteiger partial charge on any atom is 0.0426 e. The molecule has 0 aromatic heterocycles. The van der Waals surface area contributed by atoms with Crippen molar-refractivity contribution in [3.05, 3.63) is 28.8 Å². The van der Waals surface area contributed by atoms with Gasteiger partial charge in [0.1, 0.15) is 0 Å². The summed E-state index contributed by atoms with van der Waals surface area (Å²) in [7, 11) is 0. The first-order valence-electron chi connectivity index (χ1n) is 5.55. The normalized spacial score (nSPS) is 10.6. The Labute approximate surface area is 108 Å². The van der Waals surface area contributed by atoms with Crippen molar-refractivity contribution >= 4 is 28.9 Å². The van der Waals surface area contributed by atoms with Gasteiger partial charge in [0.15, 0.2) is 0 Å². The molecule has 0 atom stereocenters. The summed E-state index contributed by atoms with van der Waals surface area (Å²) < 4.78 is 0. The van der Waals surface area contributed by atoms with Crippen LogP contribution in [-0.4, -0.2) is 24.8 Å². The molecule has 0 unspecified atom stereocenters. The third-order valence-corrected chi connectivity index (χ3v) is 3.00. The van der Waals surface area contributed by atoms with E-state index in [0.29, 0.717) is 11.8 Å². The summed E-state index contributed by atoms with van der Waals surface area (Å²) in [6.07, 6.45) is 0. The maximum atomic E-state index is 5.83. The van der Waals surface area contributed by atoms with Gasteiger partial charge >= 0.3 is 0 Å². The van der Waals surface area contributed by atoms with Crippen LogP contribution in [0.1, 0.15) is 16.7 Å². The quantitative estimate of drug-likeness (QED) is 0.726. The van der Waals surface area contributed by atoms with Gasteiger partial charge in [-0.1, -0.05) is 17.7 Å². The molecule has 0 fully saturated rings. The minimum absolute atomic E-state index is 0.629. The van der Waals surface area contributed by atoms with Gasteiger partial charge < -0.3 is 4.90 Å². The van der Waals surface area contributed by atoms with Crippen LogP contribution in [0.4, 0.5) is 5.69 Å². The number of halogens is 2.